The van der Waals surface area contributed by atoms with Gasteiger partial charge in [-0.3, -0.25) is 0 Å². The van der Waals surface area contributed by atoms with Crippen molar-refractivity contribution in [2.45, 2.75) is 26.3 Å². The molecule has 3 rings (SSSR count). The minimum Gasteiger partial charge on any atom is -0.361 e. The van der Waals surface area contributed by atoms with Gasteiger partial charge >= 0.3 is 6.03 Å². The lowest BCUT2D eigenvalue weighted by molar-refractivity contribution is 0.200. The third kappa shape index (κ3) is 2.97. The van der Waals surface area contributed by atoms with E-state index in [0.717, 1.165) is 28.9 Å². The molecule has 1 aromatic carbocycles. The molecule has 0 saturated heterocycles. The summed E-state index contributed by atoms with van der Waals surface area (Å²) in [7, 11) is 0. The van der Waals surface area contributed by atoms with E-state index in [1.54, 1.807) is 0 Å². The zero-order valence-corrected chi connectivity index (χ0v) is 13.6. The van der Waals surface area contributed by atoms with Crippen LogP contribution in [0.4, 0.5) is 4.79 Å². The zero-order valence-electron chi connectivity index (χ0n) is 12.8. The molecule has 2 heterocycles. The SMILES string of the molecule is CC(C)NC(=O)N1CC=C(c2c[nH]c3ccc(Cl)cc23)CC1. The first kappa shape index (κ1) is 15.0. The fourth-order valence-corrected chi connectivity index (χ4v) is 2.97. The number of benzene rings is 1. The molecule has 2 amide bonds. The Morgan fingerprint density at radius 1 is 1.41 bits per heavy atom. The Balaban J connectivity index is 1.80. The number of urea groups is 1. The molecule has 22 heavy (non-hydrogen) atoms. The third-order valence-electron chi connectivity index (χ3n) is 3.90. The molecular formula is C17H20ClN3O. The van der Waals surface area contributed by atoms with Crippen LogP contribution in [0.5, 0.6) is 0 Å². The van der Waals surface area contributed by atoms with E-state index < -0.39 is 0 Å². The number of halogens is 1. The Morgan fingerprint density at radius 3 is 2.91 bits per heavy atom. The van der Waals surface area contributed by atoms with E-state index >= 15 is 0 Å². The maximum Gasteiger partial charge on any atom is 0.317 e. The lowest BCUT2D eigenvalue weighted by atomic mass is 9.99. The van der Waals surface area contributed by atoms with Crippen molar-refractivity contribution >= 4 is 34.1 Å². The summed E-state index contributed by atoms with van der Waals surface area (Å²) in [6.45, 7) is 5.32. The van der Waals surface area contributed by atoms with Crippen LogP contribution in [0.3, 0.4) is 0 Å². The van der Waals surface area contributed by atoms with Crippen LogP contribution >= 0.6 is 11.6 Å². The average Bonchev–Trinajstić information content (AvgIpc) is 2.89. The average molecular weight is 318 g/mol. The number of rotatable bonds is 2. The van der Waals surface area contributed by atoms with Crippen LogP contribution in [-0.2, 0) is 0 Å². The van der Waals surface area contributed by atoms with Crippen LogP contribution in [0.1, 0.15) is 25.8 Å². The normalized spacial score (nSPS) is 15.3. The second-order valence-corrected chi connectivity index (χ2v) is 6.36. The number of nitrogens with zero attached hydrogens (tertiary/aromatic N) is 1. The van der Waals surface area contributed by atoms with Gasteiger partial charge in [-0.05, 0) is 44.0 Å². The van der Waals surface area contributed by atoms with Crippen molar-refractivity contribution in [3.63, 3.8) is 0 Å². The first-order valence-electron chi connectivity index (χ1n) is 7.56. The first-order chi connectivity index (χ1) is 10.5. The highest BCUT2D eigenvalue weighted by Crippen LogP contribution is 2.30. The van der Waals surface area contributed by atoms with Crippen LogP contribution in [-0.4, -0.2) is 35.0 Å². The fourth-order valence-electron chi connectivity index (χ4n) is 2.79. The maximum absolute atomic E-state index is 12.0. The van der Waals surface area contributed by atoms with Crippen molar-refractivity contribution in [1.29, 1.82) is 0 Å². The Labute approximate surface area is 135 Å². The van der Waals surface area contributed by atoms with Gasteiger partial charge in [0.15, 0.2) is 0 Å². The number of carbonyl (C=O) groups is 1. The predicted molar refractivity (Wildman–Crippen MR) is 91.1 cm³/mol. The number of fused-ring (bicyclic) bond motifs is 1. The molecule has 1 aromatic heterocycles. The van der Waals surface area contributed by atoms with Gasteiger partial charge in [0, 0.05) is 46.8 Å². The first-order valence-corrected chi connectivity index (χ1v) is 7.94. The molecule has 0 aliphatic carbocycles. The maximum atomic E-state index is 12.0. The number of H-pyrrole nitrogens is 1. The van der Waals surface area contributed by atoms with Crippen molar-refractivity contribution in [2.24, 2.45) is 0 Å². The number of aromatic nitrogens is 1. The minimum atomic E-state index is 0.00673. The van der Waals surface area contributed by atoms with E-state index in [4.69, 9.17) is 11.6 Å². The molecule has 4 nitrogen and oxygen atoms in total. The van der Waals surface area contributed by atoms with Crippen LogP contribution in [0.15, 0.2) is 30.5 Å². The highest BCUT2D eigenvalue weighted by molar-refractivity contribution is 6.31. The van der Waals surface area contributed by atoms with E-state index in [0.29, 0.717) is 6.54 Å². The Bertz CT molecular complexity index is 733. The smallest absolute Gasteiger partial charge is 0.317 e. The predicted octanol–water partition coefficient (Wildman–Crippen LogP) is 4.03. The second-order valence-electron chi connectivity index (χ2n) is 5.92. The quantitative estimate of drug-likeness (QED) is 0.863. The molecule has 0 saturated carbocycles. The number of carbonyl (C=O) groups excluding carboxylic acids is 1. The van der Waals surface area contributed by atoms with Crippen LogP contribution in [0.25, 0.3) is 16.5 Å². The van der Waals surface area contributed by atoms with E-state index in [9.17, 15) is 4.79 Å². The van der Waals surface area contributed by atoms with Crippen molar-refractivity contribution in [3.05, 3.63) is 41.1 Å². The molecule has 0 atom stereocenters. The molecule has 2 aromatic rings. The monoisotopic (exact) mass is 317 g/mol. The summed E-state index contributed by atoms with van der Waals surface area (Å²) >= 11 is 6.11. The summed E-state index contributed by atoms with van der Waals surface area (Å²) < 4.78 is 0. The van der Waals surface area contributed by atoms with Crippen molar-refractivity contribution in [1.82, 2.24) is 15.2 Å². The van der Waals surface area contributed by atoms with E-state index in [1.165, 1.54) is 11.1 Å². The van der Waals surface area contributed by atoms with Crippen molar-refractivity contribution in [2.75, 3.05) is 13.1 Å². The van der Waals surface area contributed by atoms with Gasteiger partial charge < -0.3 is 15.2 Å². The standard InChI is InChI=1S/C17H20ClN3O/c1-11(2)20-17(22)21-7-5-12(6-8-21)15-10-19-16-4-3-13(18)9-14(15)16/h3-5,9-11,19H,6-8H2,1-2H3,(H,20,22). The second kappa shape index (κ2) is 6.05. The summed E-state index contributed by atoms with van der Waals surface area (Å²) in [6.07, 6.45) is 5.01. The molecule has 1 aliphatic rings. The fraction of sp³-hybridized carbons (Fsp3) is 0.353. The number of hydrogen-bond donors (Lipinski definition) is 2. The van der Waals surface area contributed by atoms with Crippen LogP contribution < -0.4 is 5.32 Å². The zero-order chi connectivity index (χ0) is 15.7. The van der Waals surface area contributed by atoms with Gasteiger partial charge in [-0.2, -0.15) is 0 Å². The van der Waals surface area contributed by atoms with E-state index in [1.807, 2.05) is 43.1 Å². The van der Waals surface area contributed by atoms with Crippen molar-refractivity contribution < 1.29 is 4.79 Å². The summed E-state index contributed by atoms with van der Waals surface area (Å²) in [5, 5.41) is 4.81. The lowest BCUT2D eigenvalue weighted by Gasteiger charge is -2.27. The number of hydrogen-bond acceptors (Lipinski definition) is 1. The molecule has 0 radical (unpaired) electrons. The van der Waals surface area contributed by atoms with E-state index in [2.05, 4.69) is 16.4 Å². The molecule has 2 N–H and O–H groups in total. The molecule has 1 aliphatic heterocycles. The molecule has 0 bridgehead atoms. The van der Waals surface area contributed by atoms with E-state index in [-0.39, 0.29) is 12.1 Å². The number of nitrogens with one attached hydrogen (secondary N) is 2. The Hall–Kier alpha value is -1.94. The van der Waals surface area contributed by atoms with Gasteiger partial charge in [-0.1, -0.05) is 17.7 Å². The van der Waals surface area contributed by atoms with Gasteiger partial charge in [0.1, 0.15) is 0 Å². The van der Waals surface area contributed by atoms with Gasteiger partial charge in [0.05, 0.1) is 0 Å². The van der Waals surface area contributed by atoms with Gasteiger partial charge in [0.2, 0.25) is 0 Å². The number of amides is 2. The van der Waals surface area contributed by atoms with Gasteiger partial charge in [-0.15, -0.1) is 0 Å². The summed E-state index contributed by atoms with van der Waals surface area (Å²) in [5.74, 6) is 0. The largest absolute Gasteiger partial charge is 0.361 e. The minimum absolute atomic E-state index is 0.00673. The molecule has 0 spiro atoms. The highest BCUT2D eigenvalue weighted by Gasteiger charge is 2.19. The molecular weight excluding hydrogens is 298 g/mol. The van der Waals surface area contributed by atoms with Crippen LogP contribution in [0.2, 0.25) is 5.02 Å². The van der Waals surface area contributed by atoms with Gasteiger partial charge in [-0.25, -0.2) is 4.79 Å². The third-order valence-corrected chi connectivity index (χ3v) is 4.13. The molecule has 116 valence electrons. The highest BCUT2D eigenvalue weighted by atomic mass is 35.5. The summed E-state index contributed by atoms with van der Waals surface area (Å²) in [4.78, 5) is 17.1. The Kier molecular flexibility index (Phi) is 4.12. The van der Waals surface area contributed by atoms with Crippen LogP contribution in [0, 0.1) is 0 Å². The van der Waals surface area contributed by atoms with Gasteiger partial charge in [0.25, 0.3) is 0 Å². The Morgan fingerprint density at radius 2 is 2.23 bits per heavy atom. The lowest BCUT2D eigenvalue weighted by Crippen LogP contribution is -2.44. The molecule has 5 heteroatoms. The summed E-state index contributed by atoms with van der Waals surface area (Å²) in [6, 6.07) is 6.03. The molecule has 0 fully saturated rings. The molecule has 0 unspecified atom stereocenters. The summed E-state index contributed by atoms with van der Waals surface area (Å²) in [5.41, 5.74) is 3.53. The van der Waals surface area contributed by atoms with Crippen molar-refractivity contribution in [3.8, 4) is 0 Å². The topological polar surface area (TPSA) is 48.1 Å². The number of aromatic amines is 1.